The first-order valence-electron chi connectivity index (χ1n) is 9.53. The van der Waals surface area contributed by atoms with E-state index in [2.05, 4.69) is 17.1 Å². The first-order chi connectivity index (χ1) is 12.6. The number of likely N-dealkylation sites (tertiary alicyclic amines) is 1. The molecule has 0 radical (unpaired) electrons. The summed E-state index contributed by atoms with van der Waals surface area (Å²) in [6.45, 7) is 3.60. The quantitative estimate of drug-likeness (QED) is 0.895. The Bertz CT molecular complexity index is 781. The Morgan fingerprint density at radius 2 is 2.12 bits per heavy atom. The fourth-order valence-corrected chi connectivity index (χ4v) is 4.36. The Morgan fingerprint density at radius 3 is 2.77 bits per heavy atom. The standard InChI is InChI=1S/C20H25FN4O/c1-2-4-17-22-19(24-23-17)16-12-25(13-20(16)9-3-10-20)18(26)11-14-5-7-15(21)8-6-14/h5-8,16H,2-4,9-13H2,1H3,(H,22,23,24). The molecule has 2 heterocycles. The average Bonchev–Trinajstić information content (AvgIpc) is 3.21. The van der Waals surface area contributed by atoms with Crippen molar-refractivity contribution >= 4 is 5.91 Å². The van der Waals surface area contributed by atoms with Gasteiger partial charge in [0.25, 0.3) is 0 Å². The summed E-state index contributed by atoms with van der Waals surface area (Å²) < 4.78 is 13.1. The molecule has 26 heavy (non-hydrogen) atoms. The van der Waals surface area contributed by atoms with Crippen molar-refractivity contribution in [1.29, 1.82) is 0 Å². The predicted octanol–water partition coefficient (Wildman–Crippen LogP) is 3.24. The number of hydrogen-bond acceptors (Lipinski definition) is 3. The van der Waals surface area contributed by atoms with Crippen LogP contribution in [-0.4, -0.2) is 39.1 Å². The van der Waals surface area contributed by atoms with Crippen molar-refractivity contribution in [2.75, 3.05) is 13.1 Å². The highest BCUT2D eigenvalue weighted by atomic mass is 19.1. The summed E-state index contributed by atoms with van der Waals surface area (Å²) in [5.74, 6) is 1.85. The van der Waals surface area contributed by atoms with Crippen molar-refractivity contribution in [2.24, 2.45) is 5.41 Å². The lowest BCUT2D eigenvalue weighted by Gasteiger charge is -2.41. The summed E-state index contributed by atoms with van der Waals surface area (Å²) in [5.41, 5.74) is 0.995. The summed E-state index contributed by atoms with van der Waals surface area (Å²) in [6.07, 6.45) is 5.73. The van der Waals surface area contributed by atoms with Crippen molar-refractivity contribution in [3.05, 3.63) is 47.3 Å². The normalized spacial score (nSPS) is 21.2. The maximum Gasteiger partial charge on any atom is 0.227 e. The molecule has 6 heteroatoms. The minimum atomic E-state index is -0.275. The van der Waals surface area contributed by atoms with Gasteiger partial charge in [-0.05, 0) is 42.4 Å². The molecule has 138 valence electrons. The number of rotatable bonds is 5. The van der Waals surface area contributed by atoms with Gasteiger partial charge >= 0.3 is 0 Å². The van der Waals surface area contributed by atoms with E-state index in [0.717, 1.165) is 49.4 Å². The number of amides is 1. The van der Waals surface area contributed by atoms with Crippen LogP contribution < -0.4 is 0 Å². The molecule has 1 aliphatic carbocycles. The molecule has 1 aliphatic heterocycles. The zero-order chi connectivity index (χ0) is 18.1. The van der Waals surface area contributed by atoms with Gasteiger partial charge in [-0.15, -0.1) is 0 Å². The maximum absolute atomic E-state index is 13.1. The van der Waals surface area contributed by atoms with Gasteiger partial charge in [0.15, 0.2) is 5.82 Å². The van der Waals surface area contributed by atoms with Gasteiger partial charge in [0.1, 0.15) is 11.6 Å². The molecule has 1 aromatic carbocycles. The first kappa shape index (κ1) is 17.2. The van der Waals surface area contributed by atoms with E-state index in [1.54, 1.807) is 12.1 Å². The molecule has 1 saturated heterocycles. The van der Waals surface area contributed by atoms with Gasteiger partial charge in [-0.3, -0.25) is 9.89 Å². The summed E-state index contributed by atoms with van der Waals surface area (Å²) in [7, 11) is 0. The highest BCUT2D eigenvalue weighted by Crippen LogP contribution is 2.55. The van der Waals surface area contributed by atoms with E-state index < -0.39 is 0 Å². The Balaban J connectivity index is 1.48. The van der Waals surface area contributed by atoms with E-state index in [-0.39, 0.29) is 23.1 Å². The van der Waals surface area contributed by atoms with Crippen LogP contribution in [0.1, 0.15) is 55.7 Å². The number of nitrogens with zero attached hydrogens (tertiary/aromatic N) is 3. The van der Waals surface area contributed by atoms with Crippen molar-refractivity contribution in [1.82, 2.24) is 20.1 Å². The molecular weight excluding hydrogens is 331 g/mol. The molecule has 1 unspecified atom stereocenters. The van der Waals surface area contributed by atoms with E-state index in [0.29, 0.717) is 13.0 Å². The third-order valence-electron chi connectivity index (χ3n) is 5.97. The van der Waals surface area contributed by atoms with E-state index in [4.69, 9.17) is 4.98 Å². The number of aryl methyl sites for hydroxylation is 1. The molecule has 2 aliphatic rings. The van der Waals surface area contributed by atoms with Gasteiger partial charge in [-0.2, -0.15) is 5.10 Å². The van der Waals surface area contributed by atoms with Gasteiger partial charge in [-0.25, -0.2) is 9.37 Å². The SMILES string of the molecule is CCCc1nc(C2CN(C(=O)Cc3ccc(F)cc3)CC23CCC3)n[nH]1. The fourth-order valence-electron chi connectivity index (χ4n) is 4.36. The van der Waals surface area contributed by atoms with Gasteiger partial charge < -0.3 is 4.90 Å². The molecule has 2 aromatic rings. The second kappa shape index (κ2) is 6.82. The minimum Gasteiger partial charge on any atom is -0.341 e. The number of aromatic amines is 1. The Hall–Kier alpha value is -2.24. The zero-order valence-electron chi connectivity index (χ0n) is 15.2. The number of halogens is 1. The number of hydrogen-bond donors (Lipinski definition) is 1. The van der Waals surface area contributed by atoms with Crippen molar-refractivity contribution in [2.45, 2.75) is 51.4 Å². The molecule has 0 bridgehead atoms. The summed E-state index contributed by atoms with van der Waals surface area (Å²) in [6, 6.07) is 6.19. The van der Waals surface area contributed by atoms with E-state index in [1.165, 1.54) is 18.6 Å². The van der Waals surface area contributed by atoms with Crippen LogP contribution in [0.5, 0.6) is 0 Å². The minimum absolute atomic E-state index is 0.106. The third-order valence-corrected chi connectivity index (χ3v) is 5.97. The van der Waals surface area contributed by atoms with E-state index in [1.807, 2.05) is 4.90 Å². The van der Waals surface area contributed by atoms with Crippen LogP contribution in [0, 0.1) is 11.2 Å². The molecule has 1 amide bonds. The van der Waals surface area contributed by atoms with E-state index >= 15 is 0 Å². The molecule has 1 spiro atoms. The number of H-pyrrole nitrogens is 1. The lowest BCUT2D eigenvalue weighted by Crippen LogP contribution is -2.38. The fraction of sp³-hybridized carbons (Fsp3) is 0.550. The molecule has 1 aromatic heterocycles. The lowest BCUT2D eigenvalue weighted by atomic mass is 9.62. The highest BCUT2D eigenvalue weighted by Gasteiger charge is 2.53. The predicted molar refractivity (Wildman–Crippen MR) is 96.1 cm³/mol. The van der Waals surface area contributed by atoms with Crippen molar-refractivity contribution in [3.8, 4) is 0 Å². The Labute approximate surface area is 153 Å². The number of aromatic nitrogens is 3. The molecule has 4 rings (SSSR count). The molecule has 1 saturated carbocycles. The molecule has 5 nitrogen and oxygen atoms in total. The summed E-state index contributed by atoms with van der Waals surface area (Å²) >= 11 is 0. The monoisotopic (exact) mass is 356 g/mol. The second-order valence-electron chi connectivity index (χ2n) is 7.74. The summed E-state index contributed by atoms with van der Waals surface area (Å²) in [4.78, 5) is 19.5. The number of nitrogens with one attached hydrogen (secondary N) is 1. The van der Waals surface area contributed by atoms with Crippen LogP contribution >= 0.6 is 0 Å². The first-order valence-corrected chi connectivity index (χ1v) is 9.53. The van der Waals surface area contributed by atoms with Gasteiger partial charge in [0.2, 0.25) is 5.91 Å². The Morgan fingerprint density at radius 1 is 1.35 bits per heavy atom. The lowest BCUT2D eigenvalue weighted by molar-refractivity contribution is -0.130. The second-order valence-corrected chi connectivity index (χ2v) is 7.74. The largest absolute Gasteiger partial charge is 0.341 e. The molecular formula is C20H25FN4O. The van der Waals surface area contributed by atoms with Crippen LogP contribution in [0.15, 0.2) is 24.3 Å². The van der Waals surface area contributed by atoms with Crippen molar-refractivity contribution in [3.63, 3.8) is 0 Å². The van der Waals surface area contributed by atoms with E-state index in [9.17, 15) is 9.18 Å². The highest BCUT2D eigenvalue weighted by molar-refractivity contribution is 5.79. The van der Waals surface area contributed by atoms with Crippen LogP contribution in [0.3, 0.4) is 0 Å². The van der Waals surface area contributed by atoms with Crippen LogP contribution in [0.4, 0.5) is 4.39 Å². The van der Waals surface area contributed by atoms with Gasteiger partial charge in [-0.1, -0.05) is 25.5 Å². The summed E-state index contributed by atoms with van der Waals surface area (Å²) in [5, 5.41) is 7.52. The van der Waals surface area contributed by atoms with Crippen molar-refractivity contribution < 1.29 is 9.18 Å². The van der Waals surface area contributed by atoms with Gasteiger partial charge in [0.05, 0.1) is 6.42 Å². The topological polar surface area (TPSA) is 61.9 Å². The molecule has 1 atom stereocenters. The van der Waals surface area contributed by atoms with Crippen LogP contribution in [-0.2, 0) is 17.6 Å². The van der Waals surface area contributed by atoms with Gasteiger partial charge in [0, 0.05) is 25.4 Å². The third kappa shape index (κ3) is 3.13. The van der Waals surface area contributed by atoms with Crippen LogP contribution in [0.25, 0.3) is 0 Å². The molecule has 1 N–H and O–H groups in total. The molecule has 2 fully saturated rings. The number of carbonyl (C=O) groups excluding carboxylic acids is 1. The maximum atomic E-state index is 13.1. The number of carbonyl (C=O) groups is 1. The van der Waals surface area contributed by atoms with Crippen LogP contribution in [0.2, 0.25) is 0 Å². The number of benzene rings is 1. The Kier molecular flexibility index (Phi) is 4.51. The zero-order valence-corrected chi connectivity index (χ0v) is 15.2. The smallest absolute Gasteiger partial charge is 0.227 e. The average molecular weight is 356 g/mol.